The van der Waals surface area contributed by atoms with Crippen LogP contribution in [0.25, 0.3) is 10.1 Å². The minimum absolute atomic E-state index is 0.139. The molecule has 3 rings (SSSR count). The van der Waals surface area contributed by atoms with E-state index in [1.807, 2.05) is 19.1 Å². The van der Waals surface area contributed by atoms with E-state index in [-0.39, 0.29) is 10.9 Å². The molecule has 3 aromatic rings. The van der Waals surface area contributed by atoms with Gasteiger partial charge in [-0.15, -0.1) is 11.3 Å². The minimum Gasteiger partial charge on any atom is -0.453 e. The van der Waals surface area contributed by atoms with Gasteiger partial charge in [0.25, 0.3) is 0 Å². The van der Waals surface area contributed by atoms with Gasteiger partial charge in [-0.05, 0) is 60.0 Å². The maximum absolute atomic E-state index is 12.6. The second-order valence-corrected chi connectivity index (χ2v) is 8.75. The van der Waals surface area contributed by atoms with Gasteiger partial charge in [-0.3, -0.25) is 5.32 Å². The number of carbonyl (C=O) groups is 1. The zero-order valence-electron chi connectivity index (χ0n) is 14.9. The van der Waals surface area contributed by atoms with Crippen LogP contribution >= 0.6 is 11.3 Å². The van der Waals surface area contributed by atoms with Crippen molar-refractivity contribution in [3.8, 4) is 0 Å². The van der Waals surface area contributed by atoms with E-state index in [1.54, 1.807) is 11.3 Å². The molecule has 0 aliphatic carbocycles. The molecule has 0 saturated heterocycles. The summed E-state index contributed by atoms with van der Waals surface area (Å²) in [5.41, 5.74) is 1.59. The van der Waals surface area contributed by atoms with Crippen LogP contribution in [0.5, 0.6) is 0 Å². The number of thiophene rings is 1. The predicted octanol–water partition coefficient (Wildman–Crippen LogP) is 3.99. The molecular formula is C19H20N2O4S2. The van der Waals surface area contributed by atoms with Gasteiger partial charge in [-0.1, -0.05) is 18.2 Å². The highest BCUT2D eigenvalue weighted by atomic mass is 32.2. The number of anilines is 1. The summed E-state index contributed by atoms with van der Waals surface area (Å²) in [7, 11) is -2.40. The number of sulfonamides is 1. The van der Waals surface area contributed by atoms with Crippen molar-refractivity contribution in [2.45, 2.75) is 24.3 Å². The maximum atomic E-state index is 12.6. The lowest BCUT2D eigenvalue weighted by atomic mass is 10.1. The molecule has 1 unspecified atom stereocenters. The minimum atomic E-state index is -3.66. The summed E-state index contributed by atoms with van der Waals surface area (Å²) in [6.07, 6.45) is -0.00839. The summed E-state index contributed by atoms with van der Waals surface area (Å²) in [4.78, 5) is 11.3. The third-order valence-electron chi connectivity index (χ3n) is 4.04. The molecule has 142 valence electrons. The predicted molar refractivity (Wildman–Crippen MR) is 108 cm³/mol. The van der Waals surface area contributed by atoms with Crippen molar-refractivity contribution >= 4 is 43.2 Å². The largest absolute Gasteiger partial charge is 0.453 e. The summed E-state index contributed by atoms with van der Waals surface area (Å²) in [5.74, 6) is 0. The molecule has 0 radical (unpaired) electrons. The Balaban J connectivity index is 1.69. The van der Waals surface area contributed by atoms with Crippen LogP contribution in [0.2, 0.25) is 0 Å². The van der Waals surface area contributed by atoms with Crippen molar-refractivity contribution in [3.05, 3.63) is 59.5 Å². The van der Waals surface area contributed by atoms with Gasteiger partial charge in [-0.2, -0.15) is 0 Å². The van der Waals surface area contributed by atoms with Crippen molar-refractivity contribution in [2.24, 2.45) is 0 Å². The topological polar surface area (TPSA) is 84.5 Å². The lowest BCUT2D eigenvalue weighted by molar-refractivity contribution is 0.187. The fourth-order valence-corrected chi connectivity index (χ4v) is 5.00. The number of carbonyl (C=O) groups excluding carboxylic acids is 1. The SMILES string of the molecule is COC(=O)Nc1ccc(S(=O)(=O)NC(C)Cc2csc3ccccc23)cc1. The molecule has 1 heterocycles. The molecule has 0 saturated carbocycles. The van der Waals surface area contributed by atoms with Gasteiger partial charge < -0.3 is 4.74 Å². The summed E-state index contributed by atoms with van der Waals surface area (Å²) in [6, 6.07) is 13.7. The van der Waals surface area contributed by atoms with Crippen molar-refractivity contribution in [1.29, 1.82) is 0 Å². The van der Waals surface area contributed by atoms with Crippen LogP contribution in [-0.4, -0.2) is 27.7 Å². The standard InChI is InChI=1S/C19H20N2O4S2/c1-13(11-14-12-26-18-6-4-3-5-17(14)18)21-27(23,24)16-9-7-15(8-10-16)20-19(22)25-2/h3-10,12-13,21H,11H2,1-2H3,(H,20,22). The molecule has 27 heavy (non-hydrogen) atoms. The maximum Gasteiger partial charge on any atom is 0.411 e. The van der Waals surface area contributed by atoms with Gasteiger partial charge in [0, 0.05) is 16.4 Å². The van der Waals surface area contributed by atoms with Crippen LogP contribution in [0.4, 0.5) is 10.5 Å². The molecular weight excluding hydrogens is 384 g/mol. The smallest absolute Gasteiger partial charge is 0.411 e. The first-order valence-corrected chi connectivity index (χ1v) is 10.7. The van der Waals surface area contributed by atoms with Crippen LogP contribution in [0.3, 0.4) is 0 Å². The Hall–Kier alpha value is -2.42. The molecule has 0 bridgehead atoms. The number of amides is 1. The summed E-state index contributed by atoms with van der Waals surface area (Å²) < 4.78 is 33.6. The molecule has 0 spiro atoms. The molecule has 2 aromatic carbocycles. The van der Waals surface area contributed by atoms with Crippen LogP contribution < -0.4 is 10.0 Å². The van der Waals surface area contributed by atoms with Crippen molar-refractivity contribution < 1.29 is 17.9 Å². The van der Waals surface area contributed by atoms with E-state index in [0.29, 0.717) is 12.1 Å². The Morgan fingerprint density at radius 3 is 2.56 bits per heavy atom. The Kier molecular flexibility index (Phi) is 5.79. The van der Waals surface area contributed by atoms with E-state index in [2.05, 4.69) is 32.3 Å². The van der Waals surface area contributed by atoms with Crippen molar-refractivity contribution in [1.82, 2.24) is 4.72 Å². The van der Waals surface area contributed by atoms with E-state index >= 15 is 0 Å². The Morgan fingerprint density at radius 2 is 1.85 bits per heavy atom. The van der Waals surface area contributed by atoms with E-state index in [9.17, 15) is 13.2 Å². The van der Waals surface area contributed by atoms with Crippen LogP contribution in [0.1, 0.15) is 12.5 Å². The van der Waals surface area contributed by atoms with Gasteiger partial charge >= 0.3 is 6.09 Å². The third kappa shape index (κ3) is 4.65. The molecule has 2 N–H and O–H groups in total. The van der Waals surface area contributed by atoms with Gasteiger partial charge in [0.15, 0.2) is 0 Å². The fraction of sp³-hybridized carbons (Fsp3) is 0.211. The molecule has 1 atom stereocenters. The first-order chi connectivity index (χ1) is 12.9. The molecule has 0 fully saturated rings. The second kappa shape index (κ2) is 8.08. The fourth-order valence-electron chi connectivity index (χ4n) is 2.78. The average Bonchev–Trinajstić information content (AvgIpc) is 3.04. The zero-order chi connectivity index (χ0) is 19.4. The number of benzene rings is 2. The number of hydrogen-bond donors (Lipinski definition) is 2. The Labute approximate surface area is 162 Å². The van der Waals surface area contributed by atoms with Gasteiger partial charge in [0.2, 0.25) is 10.0 Å². The lowest BCUT2D eigenvalue weighted by Gasteiger charge is -2.14. The van der Waals surface area contributed by atoms with Gasteiger partial charge in [-0.25, -0.2) is 17.9 Å². The van der Waals surface area contributed by atoms with E-state index in [0.717, 1.165) is 10.9 Å². The third-order valence-corrected chi connectivity index (χ3v) is 6.66. The molecule has 6 nitrogen and oxygen atoms in total. The van der Waals surface area contributed by atoms with Crippen LogP contribution in [-0.2, 0) is 21.2 Å². The summed E-state index contributed by atoms with van der Waals surface area (Å²) in [6.45, 7) is 1.84. The van der Waals surface area contributed by atoms with E-state index < -0.39 is 16.1 Å². The summed E-state index contributed by atoms with van der Waals surface area (Å²) in [5, 5.41) is 5.71. The van der Waals surface area contributed by atoms with Crippen molar-refractivity contribution in [2.75, 3.05) is 12.4 Å². The monoisotopic (exact) mass is 404 g/mol. The number of ether oxygens (including phenoxy) is 1. The van der Waals surface area contributed by atoms with E-state index in [1.165, 1.54) is 36.1 Å². The first-order valence-electron chi connectivity index (χ1n) is 8.31. The highest BCUT2D eigenvalue weighted by Gasteiger charge is 2.18. The second-order valence-electron chi connectivity index (χ2n) is 6.12. The summed E-state index contributed by atoms with van der Waals surface area (Å²) >= 11 is 1.66. The van der Waals surface area contributed by atoms with Crippen LogP contribution in [0, 0.1) is 0 Å². The molecule has 8 heteroatoms. The number of nitrogens with one attached hydrogen (secondary N) is 2. The van der Waals surface area contributed by atoms with Gasteiger partial charge in [0.1, 0.15) is 0 Å². The van der Waals surface area contributed by atoms with Gasteiger partial charge in [0.05, 0.1) is 12.0 Å². The van der Waals surface area contributed by atoms with Crippen LogP contribution in [0.15, 0.2) is 58.8 Å². The first kappa shape index (κ1) is 19.3. The van der Waals surface area contributed by atoms with E-state index in [4.69, 9.17) is 0 Å². The number of methoxy groups -OCH3 is 1. The highest BCUT2D eigenvalue weighted by Crippen LogP contribution is 2.26. The Morgan fingerprint density at radius 1 is 1.15 bits per heavy atom. The molecule has 1 aromatic heterocycles. The average molecular weight is 405 g/mol. The zero-order valence-corrected chi connectivity index (χ0v) is 16.6. The number of fused-ring (bicyclic) bond motifs is 1. The number of hydrogen-bond acceptors (Lipinski definition) is 5. The number of rotatable bonds is 6. The molecule has 0 aliphatic heterocycles. The molecule has 0 aliphatic rings. The van der Waals surface area contributed by atoms with Crippen molar-refractivity contribution in [3.63, 3.8) is 0 Å². The Bertz CT molecular complexity index is 1040. The highest BCUT2D eigenvalue weighted by molar-refractivity contribution is 7.89. The lowest BCUT2D eigenvalue weighted by Crippen LogP contribution is -2.34. The quantitative estimate of drug-likeness (QED) is 0.651. The molecule has 1 amide bonds. The normalized spacial score (nSPS) is 12.7.